The number of para-hydroxylation sites is 1. The number of hydrogen-bond donors (Lipinski definition) is 3. The van der Waals surface area contributed by atoms with Crippen LogP contribution in [-0.4, -0.2) is 31.3 Å². The van der Waals surface area contributed by atoms with Gasteiger partial charge in [-0.05, 0) is 18.2 Å². The topological polar surface area (TPSA) is 128 Å². The Morgan fingerprint density at radius 1 is 1.10 bits per heavy atom. The van der Waals surface area contributed by atoms with Crippen molar-refractivity contribution in [2.45, 2.75) is 0 Å². The Balaban J connectivity index is 1.59. The molecule has 0 bridgehead atoms. The molecule has 4 aromatic rings. The quantitative estimate of drug-likeness (QED) is 0.433. The minimum absolute atomic E-state index is 0.143. The molecule has 3 aromatic heterocycles. The number of urea groups is 1. The van der Waals surface area contributed by atoms with E-state index in [-0.39, 0.29) is 22.6 Å². The van der Waals surface area contributed by atoms with E-state index in [1.807, 2.05) is 0 Å². The third-order valence-electron chi connectivity index (χ3n) is 4.49. The van der Waals surface area contributed by atoms with E-state index in [9.17, 15) is 18.4 Å². The molecule has 156 valence electrons. The first kappa shape index (κ1) is 19.9. The summed E-state index contributed by atoms with van der Waals surface area (Å²) in [4.78, 5) is 37.2. The molecular weight excluding hydrogens is 408 g/mol. The number of anilines is 3. The first-order chi connectivity index (χ1) is 14.8. The molecular formula is C20H15F2N7O2. The van der Waals surface area contributed by atoms with Crippen LogP contribution in [0.25, 0.3) is 11.0 Å². The highest BCUT2D eigenvalue weighted by atomic mass is 19.1. The van der Waals surface area contributed by atoms with Crippen molar-refractivity contribution >= 4 is 40.0 Å². The molecule has 9 nitrogen and oxygen atoms in total. The highest BCUT2D eigenvalue weighted by molar-refractivity contribution is 6.18. The summed E-state index contributed by atoms with van der Waals surface area (Å²) in [6.45, 7) is 0. The number of carbonyl (C=O) groups is 2. The van der Waals surface area contributed by atoms with Gasteiger partial charge in [0.15, 0.2) is 5.78 Å². The van der Waals surface area contributed by atoms with Crippen LogP contribution in [0, 0.1) is 11.6 Å². The van der Waals surface area contributed by atoms with Crippen LogP contribution >= 0.6 is 0 Å². The second-order valence-corrected chi connectivity index (χ2v) is 6.58. The summed E-state index contributed by atoms with van der Waals surface area (Å²) in [5.41, 5.74) is 6.39. The van der Waals surface area contributed by atoms with E-state index in [2.05, 4.69) is 25.6 Å². The highest BCUT2D eigenvalue weighted by Gasteiger charge is 2.20. The van der Waals surface area contributed by atoms with Crippen LogP contribution in [0.4, 0.5) is 30.8 Å². The molecule has 0 saturated heterocycles. The third kappa shape index (κ3) is 3.75. The van der Waals surface area contributed by atoms with Crippen LogP contribution in [0.3, 0.4) is 0 Å². The van der Waals surface area contributed by atoms with Crippen molar-refractivity contribution in [3.05, 3.63) is 71.9 Å². The normalized spacial score (nSPS) is 10.8. The monoisotopic (exact) mass is 423 g/mol. The summed E-state index contributed by atoms with van der Waals surface area (Å²) < 4.78 is 29.1. The molecule has 0 aliphatic carbocycles. The molecule has 4 rings (SSSR count). The molecule has 0 spiro atoms. The van der Waals surface area contributed by atoms with Gasteiger partial charge >= 0.3 is 6.03 Å². The Labute approximate surface area is 173 Å². The number of pyridine rings is 1. The Morgan fingerprint density at radius 3 is 2.58 bits per heavy atom. The van der Waals surface area contributed by atoms with Crippen LogP contribution in [0.1, 0.15) is 15.9 Å². The lowest BCUT2D eigenvalue weighted by Crippen LogP contribution is -2.21. The largest absolute Gasteiger partial charge is 0.383 e. The van der Waals surface area contributed by atoms with Gasteiger partial charge in [0, 0.05) is 25.0 Å². The molecule has 31 heavy (non-hydrogen) atoms. The van der Waals surface area contributed by atoms with E-state index in [0.29, 0.717) is 11.0 Å². The fourth-order valence-corrected chi connectivity index (χ4v) is 3.09. The minimum atomic E-state index is -0.923. The molecule has 0 fully saturated rings. The number of amides is 2. The Morgan fingerprint density at radius 2 is 1.84 bits per heavy atom. The lowest BCUT2D eigenvalue weighted by Gasteiger charge is -2.09. The van der Waals surface area contributed by atoms with Crippen LogP contribution < -0.4 is 16.4 Å². The molecule has 0 saturated carbocycles. The SMILES string of the molecule is Cn1cc(C(=O)c2cncc(NC(=O)Nc3c(F)cccc3F)c2)c2c(N)ncnc21. The van der Waals surface area contributed by atoms with Crippen molar-refractivity contribution in [1.29, 1.82) is 0 Å². The molecule has 2 amide bonds. The van der Waals surface area contributed by atoms with E-state index in [1.54, 1.807) is 17.8 Å². The maximum Gasteiger partial charge on any atom is 0.323 e. The lowest BCUT2D eigenvalue weighted by molar-refractivity contribution is 0.103. The van der Waals surface area contributed by atoms with Crippen molar-refractivity contribution in [1.82, 2.24) is 19.5 Å². The molecule has 0 atom stereocenters. The molecule has 11 heteroatoms. The highest BCUT2D eigenvalue weighted by Crippen LogP contribution is 2.26. The number of aryl methyl sites for hydroxylation is 1. The number of hydrogen-bond acceptors (Lipinski definition) is 6. The maximum absolute atomic E-state index is 13.7. The van der Waals surface area contributed by atoms with Crippen molar-refractivity contribution in [2.24, 2.45) is 7.05 Å². The fourth-order valence-electron chi connectivity index (χ4n) is 3.09. The van der Waals surface area contributed by atoms with Gasteiger partial charge < -0.3 is 20.9 Å². The zero-order chi connectivity index (χ0) is 22.1. The molecule has 1 aromatic carbocycles. The van der Waals surface area contributed by atoms with Gasteiger partial charge in [-0.25, -0.2) is 23.5 Å². The number of rotatable bonds is 4. The summed E-state index contributed by atoms with van der Waals surface area (Å²) in [6, 6.07) is 3.68. The Kier molecular flexibility index (Phi) is 4.99. The number of nitrogens with one attached hydrogen (secondary N) is 2. The van der Waals surface area contributed by atoms with E-state index < -0.39 is 29.1 Å². The average molecular weight is 423 g/mol. The minimum Gasteiger partial charge on any atom is -0.383 e. The Hall–Kier alpha value is -4.41. The number of ketones is 1. The summed E-state index contributed by atoms with van der Waals surface area (Å²) >= 11 is 0. The zero-order valence-electron chi connectivity index (χ0n) is 16.1. The lowest BCUT2D eigenvalue weighted by atomic mass is 10.1. The molecule has 0 radical (unpaired) electrons. The summed E-state index contributed by atoms with van der Waals surface area (Å²) in [5, 5.41) is 4.89. The first-order valence-corrected chi connectivity index (χ1v) is 8.92. The van der Waals surface area contributed by atoms with E-state index in [0.717, 1.165) is 12.1 Å². The molecule has 0 aliphatic heterocycles. The predicted octanol–water partition coefficient (Wildman–Crippen LogP) is 3.10. The van der Waals surface area contributed by atoms with Crippen LogP contribution in [0.15, 0.2) is 49.2 Å². The van der Waals surface area contributed by atoms with Crippen LogP contribution in [-0.2, 0) is 7.05 Å². The smallest absolute Gasteiger partial charge is 0.323 e. The van der Waals surface area contributed by atoms with Gasteiger partial charge in [0.1, 0.15) is 35.1 Å². The van der Waals surface area contributed by atoms with Gasteiger partial charge in [0.25, 0.3) is 0 Å². The van der Waals surface area contributed by atoms with Crippen molar-refractivity contribution < 1.29 is 18.4 Å². The molecule has 0 aliphatic rings. The number of carbonyl (C=O) groups excluding carboxylic acids is 2. The number of halogens is 2. The van der Waals surface area contributed by atoms with Crippen LogP contribution in [0.2, 0.25) is 0 Å². The van der Waals surface area contributed by atoms with Gasteiger partial charge in [-0.3, -0.25) is 9.78 Å². The number of aromatic nitrogens is 4. The van der Waals surface area contributed by atoms with Gasteiger partial charge in [0.05, 0.1) is 22.8 Å². The number of nitrogen functional groups attached to an aromatic ring is 1. The van der Waals surface area contributed by atoms with Gasteiger partial charge in [-0.15, -0.1) is 0 Å². The van der Waals surface area contributed by atoms with Crippen molar-refractivity contribution in [3.63, 3.8) is 0 Å². The second-order valence-electron chi connectivity index (χ2n) is 6.58. The number of nitrogens with zero attached hydrogens (tertiary/aromatic N) is 4. The number of benzene rings is 1. The summed E-state index contributed by atoms with van der Waals surface area (Å²) in [7, 11) is 1.72. The summed E-state index contributed by atoms with van der Waals surface area (Å²) in [6.07, 6.45) is 5.48. The average Bonchev–Trinajstić information content (AvgIpc) is 3.08. The zero-order valence-corrected chi connectivity index (χ0v) is 16.1. The van der Waals surface area contributed by atoms with Gasteiger partial charge in [-0.2, -0.15) is 0 Å². The number of nitrogens with two attached hydrogens (primary N) is 1. The summed E-state index contributed by atoms with van der Waals surface area (Å²) in [5.74, 6) is -2.10. The van der Waals surface area contributed by atoms with Crippen molar-refractivity contribution in [3.8, 4) is 0 Å². The van der Waals surface area contributed by atoms with Gasteiger partial charge in [-0.1, -0.05) is 6.07 Å². The van der Waals surface area contributed by atoms with Gasteiger partial charge in [0.2, 0.25) is 0 Å². The molecule has 0 unspecified atom stereocenters. The molecule has 3 heterocycles. The maximum atomic E-state index is 13.7. The van der Waals surface area contributed by atoms with E-state index in [1.165, 1.54) is 30.9 Å². The standard InChI is InChI=1S/C20H15F2N7O2/c1-29-8-12(15-18(23)25-9-26-19(15)29)17(30)10-5-11(7-24-6-10)27-20(31)28-16-13(21)3-2-4-14(16)22/h2-9H,1H3,(H2,23,25,26)(H2,27,28,31). The predicted molar refractivity (Wildman–Crippen MR) is 110 cm³/mol. The first-order valence-electron chi connectivity index (χ1n) is 8.92. The van der Waals surface area contributed by atoms with E-state index >= 15 is 0 Å². The Bertz CT molecular complexity index is 1320. The van der Waals surface area contributed by atoms with E-state index in [4.69, 9.17) is 5.73 Å². The second kappa shape index (κ2) is 7.78. The number of fused-ring (bicyclic) bond motifs is 1. The molecule has 4 N–H and O–H groups in total. The fraction of sp³-hybridized carbons (Fsp3) is 0.0500. The van der Waals surface area contributed by atoms with Crippen LogP contribution in [0.5, 0.6) is 0 Å². The van der Waals surface area contributed by atoms with Crippen molar-refractivity contribution in [2.75, 3.05) is 16.4 Å². The third-order valence-corrected chi connectivity index (χ3v) is 4.49.